The highest BCUT2D eigenvalue weighted by atomic mass is 16.5. The van der Waals surface area contributed by atoms with Gasteiger partial charge in [0, 0.05) is 25.4 Å². The molecule has 0 spiro atoms. The molecule has 1 aromatic heterocycles. The highest BCUT2D eigenvalue weighted by Gasteiger charge is 2.05. The second kappa shape index (κ2) is 5.91. The molecule has 0 aliphatic carbocycles. The molecule has 98 valence electrons. The van der Waals surface area contributed by atoms with E-state index in [1.165, 1.54) is 0 Å². The van der Waals surface area contributed by atoms with E-state index in [0.29, 0.717) is 6.54 Å². The third-order valence-electron chi connectivity index (χ3n) is 2.75. The molecule has 0 saturated heterocycles. The van der Waals surface area contributed by atoms with Gasteiger partial charge in [-0.25, -0.2) is 0 Å². The summed E-state index contributed by atoms with van der Waals surface area (Å²) in [4.78, 5) is 0. The molecule has 0 unspecified atom stereocenters. The number of rotatable bonds is 5. The molecule has 0 radical (unpaired) electrons. The molecule has 1 heterocycles. The van der Waals surface area contributed by atoms with Crippen LogP contribution in [0, 0.1) is 18.3 Å². The Balaban J connectivity index is 2.07. The van der Waals surface area contributed by atoms with Crippen LogP contribution >= 0.6 is 0 Å². The van der Waals surface area contributed by atoms with Crippen LogP contribution in [-0.4, -0.2) is 16.4 Å². The molecule has 0 aliphatic rings. The van der Waals surface area contributed by atoms with Gasteiger partial charge >= 0.3 is 0 Å². The number of nitrogens with zero attached hydrogens (tertiary/aromatic N) is 3. The molecule has 0 aliphatic heterocycles. The summed E-state index contributed by atoms with van der Waals surface area (Å²) in [6, 6.07) is 9.66. The zero-order valence-electron chi connectivity index (χ0n) is 11.1. The van der Waals surface area contributed by atoms with Gasteiger partial charge in [0.1, 0.15) is 11.8 Å². The van der Waals surface area contributed by atoms with Gasteiger partial charge in [0.15, 0.2) is 6.61 Å². The lowest BCUT2D eigenvalue weighted by atomic mass is 10.2. The maximum atomic E-state index is 8.56. The topological polar surface area (TPSA) is 62.9 Å². The Morgan fingerprint density at radius 1 is 1.42 bits per heavy atom. The lowest BCUT2D eigenvalue weighted by Gasteiger charge is -2.10. The van der Waals surface area contributed by atoms with E-state index in [4.69, 9.17) is 10.00 Å². The largest absolute Gasteiger partial charge is 0.478 e. The molecule has 5 heteroatoms. The molecule has 2 aromatic rings. The van der Waals surface area contributed by atoms with Gasteiger partial charge in [-0.05, 0) is 13.0 Å². The molecule has 0 saturated carbocycles. The van der Waals surface area contributed by atoms with Crippen molar-refractivity contribution in [1.29, 1.82) is 5.26 Å². The van der Waals surface area contributed by atoms with E-state index >= 15 is 0 Å². The Kier molecular flexibility index (Phi) is 4.04. The minimum atomic E-state index is 0.0585. The lowest BCUT2D eigenvalue weighted by molar-refractivity contribution is 0.364. The number of hydrogen-bond acceptors (Lipinski definition) is 4. The fourth-order valence-electron chi connectivity index (χ4n) is 1.86. The molecule has 0 atom stereocenters. The molecule has 0 amide bonds. The van der Waals surface area contributed by atoms with Crippen LogP contribution in [0.15, 0.2) is 30.5 Å². The molecule has 1 aromatic carbocycles. The van der Waals surface area contributed by atoms with Crippen molar-refractivity contribution in [2.45, 2.75) is 13.5 Å². The van der Waals surface area contributed by atoms with Crippen LogP contribution in [0.5, 0.6) is 5.75 Å². The second-order valence-corrected chi connectivity index (χ2v) is 4.21. The molecule has 2 rings (SSSR count). The van der Waals surface area contributed by atoms with E-state index in [2.05, 4.69) is 10.4 Å². The molecule has 1 N–H and O–H groups in total. The maximum absolute atomic E-state index is 8.56. The van der Waals surface area contributed by atoms with Crippen molar-refractivity contribution in [3.05, 3.63) is 41.7 Å². The van der Waals surface area contributed by atoms with Gasteiger partial charge < -0.3 is 10.1 Å². The highest BCUT2D eigenvalue weighted by molar-refractivity contribution is 5.47. The van der Waals surface area contributed by atoms with Gasteiger partial charge in [-0.1, -0.05) is 18.2 Å². The number of benzene rings is 1. The number of ether oxygens (including phenoxy) is 1. The van der Waals surface area contributed by atoms with Gasteiger partial charge in [-0.3, -0.25) is 4.68 Å². The van der Waals surface area contributed by atoms with Crippen molar-refractivity contribution in [1.82, 2.24) is 9.78 Å². The molecule has 0 bridgehead atoms. The average Bonchev–Trinajstić information content (AvgIpc) is 2.73. The molecular weight excluding hydrogens is 240 g/mol. The number of aromatic nitrogens is 2. The van der Waals surface area contributed by atoms with Gasteiger partial charge in [-0.15, -0.1) is 0 Å². The number of nitrogens with one attached hydrogen (secondary N) is 1. The quantitative estimate of drug-likeness (QED) is 0.891. The zero-order chi connectivity index (χ0) is 13.7. The average molecular weight is 256 g/mol. The van der Waals surface area contributed by atoms with E-state index in [1.54, 1.807) is 4.68 Å². The summed E-state index contributed by atoms with van der Waals surface area (Å²) in [7, 11) is 1.89. The Morgan fingerprint density at radius 2 is 2.21 bits per heavy atom. The monoisotopic (exact) mass is 256 g/mol. The van der Waals surface area contributed by atoms with E-state index in [0.717, 1.165) is 22.7 Å². The lowest BCUT2D eigenvalue weighted by Crippen LogP contribution is -2.03. The Labute approximate surface area is 112 Å². The van der Waals surface area contributed by atoms with Gasteiger partial charge in [0.05, 0.1) is 11.4 Å². The number of aryl methyl sites for hydroxylation is 2. The van der Waals surface area contributed by atoms with Crippen LogP contribution in [0.25, 0.3) is 0 Å². The molecule has 19 heavy (non-hydrogen) atoms. The van der Waals surface area contributed by atoms with Gasteiger partial charge in [-0.2, -0.15) is 10.4 Å². The Hall–Kier alpha value is -2.48. The summed E-state index contributed by atoms with van der Waals surface area (Å²) in [5.74, 6) is 0.734. The van der Waals surface area contributed by atoms with E-state index < -0.39 is 0 Å². The minimum Gasteiger partial charge on any atom is -0.478 e. The van der Waals surface area contributed by atoms with E-state index in [-0.39, 0.29) is 6.61 Å². The number of nitriles is 1. The fourth-order valence-corrected chi connectivity index (χ4v) is 1.86. The maximum Gasteiger partial charge on any atom is 0.174 e. The predicted octanol–water partition coefficient (Wildman–Crippen LogP) is 2.24. The fraction of sp³-hybridized carbons (Fsp3) is 0.286. The standard InChI is InChI=1S/C14H16N4O/c1-11-13(10-18(2)17-11)16-9-12-5-3-4-6-14(12)19-8-7-15/h3-6,10,16H,8-9H2,1-2H3. The first-order valence-electron chi connectivity index (χ1n) is 6.02. The Morgan fingerprint density at radius 3 is 2.89 bits per heavy atom. The van der Waals surface area contributed by atoms with E-state index in [1.807, 2.05) is 50.5 Å². The van der Waals surface area contributed by atoms with Crippen LogP contribution in [0.4, 0.5) is 5.69 Å². The SMILES string of the molecule is Cc1nn(C)cc1NCc1ccccc1OCC#N. The van der Waals surface area contributed by atoms with Crippen LogP contribution in [-0.2, 0) is 13.6 Å². The first-order chi connectivity index (χ1) is 9.20. The second-order valence-electron chi connectivity index (χ2n) is 4.21. The van der Waals surface area contributed by atoms with Crippen LogP contribution < -0.4 is 10.1 Å². The van der Waals surface area contributed by atoms with Crippen LogP contribution in [0.2, 0.25) is 0 Å². The molecular formula is C14H16N4O. The number of para-hydroxylation sites is 1. The van der Waals surface area contributed by atoms with Crippen molar-refractivity contribution in [3.63, 3.8) is 0 Å². The van der Waals surface area contributed by atoms with Crippen LogP contribution in [0.3, 0.4) is 0 Å². The van der Waals surface area contributed by atoms with Gasteiger partial charge in [0.25, 0.3) is 0 Å². The third kappa shape index (κ3) is 3.26. The Bertz CT molecular complexity index is 598. The first kappa shape index (κ1) is 13.0. The summed E-state index contributed by atoms with van der Waals surface area (Å²) >= 11 is 0. The predicted molar refractivity (Wildman–Crippen MR) is 72.8 cm³/mol. The summed E-state index contributed by atoms with van der Waals surface area (Å²) in [5.41, 5.74) is 2.97. The zero-order valence-corrected chi connectivity index (χ0v) is 11.1. The number of hydrogen-bond donors (Lipinski definition) is 1. The van der Waals surface area contributed by atoms with E-state index in [9.17, 15) is 0 Å². The summed E-state index contributed by atoms with van der Waals surface area (Å²) in [6.45, 7) is 2.65. The first-order valence-corrected chi connectivity index (χ1v) is 6.02. The van der Waals surface area contributed by atoms with Crippen molar-refractivity contribution in [2.75, 3.05) is 11.9 Å². The summed E-state index contributed by atoms with van der Waals surface area (Å²) < 4.78 is 7.16. The van der Waals surface area contributed by atoms with Gasteiger partial charge in [0.2, 0.25) is 0 Å². The molecule has 0 fully saturated rings. The van der Waals surface area contributed by atoms with Crippen molar-refractivity contribution >= 4 is 5.69 Å². The van der Waals surface area contributed by atoms with Crippen molar-refractivity contribution in [2.24, 2.45) is 7.05 Å². The van der Waals surface area contributed by atoms with Crippen molar-refractivity contribution in [3.8, 4) is 11.8 Å². The third-order valence-corrected chi connectivity index (χ3v) is 2.75. The van der Waals surface area contributed by atoms with Crippen LogP contribution in [0.1, 0.15) is 11.3 Å². The number of anilines is 1. The van der Waals surface area contributed by atoms with Crippen molar-refractivity contribution < 1.29 is 4.74 Å². The highest BCUT2D eigenvalue weighted by Crippen LogP contribution is 2.20. The minimum absolute atomic E-state index is 0.0585. The smallest absolute Gasteiger partial charge is 0.174 e. The summed E-state index contributed by atoms with van der Waals surface area (Å²) in [6.07, 6.45) is 1.94. The summed E-state index contributed by atoms with van der Waals surface area (Å²) in [5, 5.41) is 16.2. The molecule has 5 nitrogen and oxygen atoms in total. The normalized spacial score (nSPS) is 9.95.